The Morgan fingerprint density at radius 1 is 0.536 bits per heavy atom. The lowest BCUT2D eigenvalue weighted by Gasteiger charge is -2.39. The van der Waals surface area contributed by atoms with Gasteiger partial charge < -0.3 is 14.9 Å². The lowest BCUT2D eigenvalue weighted by molar-refractivity contribution is 0.427. The molecule has 2 N–H and O–H groups in total. The molecule has 0 saturated carbocycles. The number of phenolic OH excluding ortho intramolecular Hbond substituents is 2. The quantitative estimate of drug-likeness (QED) is 0.371. The van der Waals surface area contributed by atoms with Crippen molar-refractivity contribution in [3.63, 3.8) is 0 Å². The van der Waals surface area contributed by atoms with Crippen LogP contribution in [0.3, 0.4) is 0 Å². The van der Waals surface area contributed by atoms with Crippen LogP contribution in [0.1, 0.15) is 22.3 Å². The van der Waals surface area contributed by atoms with E-state index in [0.717, 1.165) is 39.1 Å². The first-order chi connectivity index (χ1) is 13.7. The van der Waals surface area contributed by atoms with Crippen molar-refractivity contribution in [3.8, 4) is 34.1 Å². The van der Waals surface area contributed by atoms with Crippen LogP contribution in [0.2, 0.25) is 0 Å². The van der Waals surface area contributed by atoms with Gasteiger partial charge in [-0.3, -0.25) is 0 Å². The zero-order chi connectivity index (χ0) is 18.9. The van der Waals surface area contributed by atoms with Crippen molar-refractivity contribution < 1.29 is 14.9 Å². The van der Waals surface area contributed by atoms with E-state index in [1.54, 1.807) is 18.2 Å². The van der Waals surface area contributed by atoms with Crippen molar-refractivity contribution in [2.24, 2.45) is 0 Å². The normalized spacial score (nSPS) is 18.0. The Morgan fingerprint density at radius 3 is 2.00 bits per heavy atom. The Balaban J connectivity index is 1.87. The Labute approximate surface area is 162 Å². The number of aromatic hydroxyl groups is 2. The zero-order valence-electron chi connectivity index (χ0n) is 14.9. The maximum absolute atomic E-state index is 10.4. The molecule has 0 bridgehead atoms. The summed E-state index contributed by atoms with van der Waals surface area (Å²) in [4.78, 5) is 0. The van der Waals surface area contributed by atoms with Crippen molar-refractivity contribution in [2.75, 3.05) is 0 Å². The van der Waals surface area contributed by atoms with E-state index >= 15 is 0 Å². The van der Waals surface area contributed by atoms with E-state index in [4.69, 9.17) is 4.74 Å². The number of ether oxygens (including phenoxy) is 1. The summed E-state index contributed by atoms with van der Waals surface area (Å²) in [5, 5.41) is 20.7. The van der Waals surface area contributed by atoms with Gasteiger partial charge in [0, 0.05) is 11.1 Å². The molecule has 4 aromatic carbocycles. The first kappa shape index (κ1) is 15.3. The fourth-order valence-electron chi connectivity index (χ4n) is 4.88. The molecule has 6 rings (SSSR count). The van der Waals surface area contributed by atoms with Crippen molar-refractivity contribution in [3.05, 3.63) is 107 Å². The third kappa shape index (κ3) is 1.73. The van der Waals surface area contributed by atoms with E-state index in [1.165, 1.54) is 0 Å². The van der Waals surface area contributed by atoms with Crippen LogP contribution in [0.4, 0.5) is 0 Å². The molecule has 0 fully saturated rings. The van der Waals surface area contributed by atoms with Crippen LogP contribution in [0.15, 0.2) is 84.9 Å². The molecule has 0 radical (unpaired) electrons. The highest BCUT2D eigenvalue weighted by Gasteiger charge is 2.51. The highest BCUT2D eigenvalue weighted by atomic mass is 16.5. The first-order valence-electron chi connectivity index (χ1n) is 9.24. The van der Waals surface area contributed by atoms with E-state index < -0.39 is 5.41 Å². The molecule has 0 amide bonds. The Kier molecular flexibility index (Phi) is 2.83. The predicted molar refractivity (Wildman–Crippen MR) is 107 cm³/mol. The van der Waals surface area contributed by atoms with E-state index in [1.807, 2.05) is 48.5 Å². The van der Waals surface area contributed by atoms with Gasteiger partial charge in [0.1, 0.15) is 23.0 Å². The van der Waals surface area contributed by atoms with Crippen LogP contribution in [0.25, 0.3) is 11.1 Å². The van der Waals surface area contributed by atoms with E-state index in [2.05, 4.69) is 18.2 Å². The molecule has 3 heteroatoms. The van der Waals surface area contributed by atoms with Crippen LogP contribution in [-0.4, -0.2) is 10.2 Å². The summed E-state index contributed by atoms with van der Waals surface area (Å²) in [5.74, 6) is 1.90. The van der Waals surface area contributed by atoms with Gasteiger partial charge in [0.05, 0.1) is 5.41 Å². The first-order valence-corrected chi connectivity index (χ1v) is 9.24. The summed E-state index contributed by atoms with van der Waals surface area (Å²) >= 11 is 0. The molecule has 1 unspecified atom stereocenters. The van der Waals surface area contributed by atoms with Gasteiger partial charge in [-0.1, -0.05) is 48.5 Å². The summed E-state index contributed by atoms with van der Waals surface area (Å²) in [6.45, 7) is 0. The summed E-state index contributed by atoms with van der Waals surface area (Å²) in [7, 11) is 0. The van der Waals surface area contributed by atoms with Crippen LogP contribution in [0.5, 0.6) is 23.0 Å². The fourth-order valence-corrected chi connectivity index (χ4v) is 4.88. The van der Waals surface area contributed by atoms with Gasteiger partial charge in [0.15, 0.2) is 0 Å². The molecular formula is C25H16O3. The van der Waals surface area contributed by atoms with Crippen LogP contribution < -0.4 is 4.74 Å². The second-order valence-corrected chi connectivity index (χ2v) is 7.30. The average molecular weight is 364 g/mol. The number of para-hydroxylation sites is 1. The molecule has 134 valence electrons. The van der Waals surface area contributed by atoms with Gasteiger partial charge in [0.2, 0.25) is 0 Å². The molecule has 0 saturated heterocycles. The molecule has 1 heterocycles. The Hall–Kier alpha value is -3.72. The van der Waals surface area contributed by atoms with Gasteiger partial charge >= 0.3 is 0 Å². The van der Waals surface area contributed by atoms with Gasteiger partial charge in [-0.05, 0) is 58.7 Å². The number of fused-ring (bicyclic) bond motifs is 9. The van der Waals surface area contributed by atoms with E-state index in [-0.39, 0.29) is 11.5 Å². The maximum atomic E-state index is 10.4. The third-order valence-electron chi connectivity index (χ3n) is 5.91. The van der Waals surface area contributed by atoms with Crippen LogP contribution in [-0.2, 0) is 5.41 Å². The summed E-state index contributed by atoms with van der Waals surface area (Å²) in [5.41, 5.74) is 5.55. The van der Waals surface area contributed by atoms with Crippen LogP contribution in [0, 0.1) is 0 Å². The minimum atomic E-state index is -0.659. The molecule has 2 aliphatic rings. The third-order valence-corrected chi connectivity index (χ3v) is 5.91. The minimum absolute atomic E-state index is 0.187. The fraction of sp³-hybridized carbons (Fsp3) is 0.0400. The molecule has 28 heavy (non-hydrogen) atoms. The Bertz CT molecular complexity index is 1270. The largest absolute Gasteiger partial charge is 0.508 e. The van der Waals surface area contributed by atoms with Crippen molar-refractivity contribution >= 4 is 0 Å². The lowest BCUT2D eigenvalue weighted by atomic mass is 9.66. The predicted octanol–water partition coefficient (Wildman–Crippen LogP) is 5.57. The number of phenols is 2. The molecular weight excluding hydrogens is 348 g/mol. The van der Waals surface area contributed by atoms with Crippen molar-refractivity contribution in [1.82, 2.24) is 0 Å². The Morgan fingerprint density at radius 2 is 1.14 bits per heavy atom. The van der Waals surface area contributed by atoms with Gasteiger partial charge in [-0.2, -0.15) is 0 Å². The molecule has 1 spiro atoms. The molecule has 1 atom stereocenters. The second-order valence-electron chi connectivity index (χ2n) is 7.30. The van der Waals surface area contributed by atoms with Crippen molar-refractivity contribution in [2.45, 2.75) is 5.41 Å². The number of hydrogen-bond acceptors (Lipinski definition) is 3. The number of hydrogen-bond donors (Lipinski definition) is 2. The summed E-state index contributed by atoms with van der Waals surface area (Å²) in [6.07, 6.45) is 0. The SMILES string of the molecule is Oc1ccc2c(c1)C1(c3ccccc3O2)c2ccccc2-c2ccc(O)cc21. The van der Waals surface area contributed by atoms with Gasteiger partial charge in [0.25, 0.3) is 0 Å². The van der Waals surface area contributed by atoms with E-state index in [9.17, 15) is 10.2 Å². The maximum Gasteiger partial charge on any atom is 0.132 e. The van der Waals surface area contributed by atoms with Crippen molar-refractivity contribution in [1.29, 1.82) is 0 Å². The smallest absolute Gasteiger partial charge is 0.132 e. The highest BCUT2D eigenvalue weighted by Crippen LogP contribution is 2.62. The topological polar surface area (TPSA) is 49.7 Å². The van der Waals surface area contributed by atoms with E-state index in [0.29, 0.717) is 5.75 Å². The minimum Gasteiger partial charge on any atom is -0.508 e. The second kappa shape index (κ2) is 5.17. The number of rotatable bonds is 0. The highest BCUT2D eigenvalue weighted by molar-refractivity contribution is 5.89. The van der Waals surface area contributed by atoms with Crippen LogP contribution >= 0.6 is 0 Å². The summed E-state index contributed by atoms with van der Waals surface area (Å²) in [6, 6.07) is 27.1. The standard InChI is InChI=1S/C25H16O3/c26-15-9-11-18-17-5-1-2-6-19(17)25(21(18)13-15)20-7-3-4-8-23(20)28-24-12-10-16(27)14-22(24)25/h1-14,26-27H. The van der Waals surface area contributed by atoms with Gasteiger partial charge in [-0.25, -0.2) is 0 Å². The lowest BCUT2D eigenvalue weighted by Crippen LogP contribution is -2.32. The monoisotopic (exact) mass is 364 g/mol. The number of benzene rings is 4. The zero-order valence-corrected chi connectivity index (χ0v) is 14.9. The average Bonchev–Trinajstić information content (AvgIpc) is 3.00. The molecule has 0 aromatic heterocycles. The molecule has 4 aromatic rings. The molecule has 3 nitrogen and oxygen atoms in total. The molecule has 1 aliphatic heterocycles. The molecule has 1 aliphatic carbocycles. The van der Waals surface area contributed by atoms with Gasteiger partial charge in [-0.15, -0.1) is 0 Å². The summed E-state index contributed by atoms with van der Waals surface area (Å²) < 4.78 is 6.21.